The Hall–Kier alpha value is -2.61. The van der Waals surface area contributed by atoms with Gasteiger partial charge in [-0.05, 0) is 12.0 Å². The van der Waals surface area contributed by atoms with Crippen LogP contribution < -0.4 is 10.9 Å². The van der Waals surface area contributed by atoms with Gasteiger partial charge in [-0.3, -0.25) is 9.59 Å². The number of nitrogens with zero attached hydrogens (tertiary/aromatic N) is 2. The van der Waals surface area contributed by atoms with Gasteiger partial charge in [0, 0.05) is 11.8 Å². The van der Waals surface area contributed by atoms with Crippen LogP contribution in [0.3, 0.4) is 0 Å². The molecule has 0 bridgehead atoms. The lowest BCUT2D eigenvalue weighted by atomic mass is 10.1. The third-order valence-electron chi connectivity index (χ3n) is 3.23. The fourth-order valence-electron chi connectivity index (χ4n) is 2.25. The highest BCUT2D eigenvalue weighted by molar-refractivity contribution is 5.84. The van der Waals surface area contributed by atoms with Gasteiger partial charge in [-0.2, -0.15) is 5.10 Å². The summed E-state index contributed by atoms with van der Waals surface area (Å²) in [5, 5.41) is 8.43. The lowest BCUT2D eigenvalue weighted by Gasteiger charge is -2.11. The summed E-state index contributed by atoms with van der Waals surface area (Å²) in [6, 6.07) is 7.21. The first-order valence-electron chi connectivity index (χ1n) is 7.21. The standard InChI is InChI=1S/C17H19N3O2/c1-4-9-20-17(22)14-8-6-5-7-13(14)15(19-20)11-18-16(21)10-12(2)3/h1,5-8,12H,9-11H2,2-3H3,(H,18,21). The Morgan fingerprint density at radius 2 is 2.05 bits per heavy atom. The largest absolute Gasteiger partial charge is 0.350 e. The molecule has 0 aliphatic heterocycles. The van der Waals surface area contributed by atoms with Crippen molar-refractivity contribution in [3.63, 3.8) is 0 Å². The van der Waals surface area contributed by atoms with Crippen molar-refractivity contribution in [1.82, 2.24) is 15.1 Å². The Balaban J connectivity index is 2.36. The summed E-state index contributed by atoms with van der Waals surface area (Å²) in [5.41, 5.74) is 0.424. The second kappa shape index (κ2) is 6.90. The van der Waals surface area contributed by atoms with E-state index >= 15 is 0 Å². The second-order valence-electron chi connectivity index (χ2n) is 5.53. The molecule has 0 unspecified atom stereocenters. The van der Waals surface area contributed by atoms with Crippen molar-refractivity contribution in [2.24, 2.45) is 5.92 Å². The van der Waals surface area contributed by atoms with Gasteiger partial charge in [0.1, 0.15) is 6.54 Å². The Bertz CT molecular complexity index is 785. The number of terminal acetylenes is 1. The number of fused-ring (bicyclic) bond motifs is 1. The van der Waals surface area contributed by atoms with Gasteiger partial charge < -0.3 is 5.32 Å². The maximum atomic E-state index is 12.3. The molecule has 0 saturated carbocycles. The number of amides is 1. The van der Waals surface area contributed by atoms with Crippen molar-refractivity contribution >= 4 is 16.7 Å². The number of hydrogen-bond acceptors (Lipinski definition) is 3. The molecule has 5 heteroatoms. The van der Waals surface area contributed by atoms with Gasteiger partial charge in [-0.25, -0.2) is 4.68 Å². The van der Waals surface area contributed by atoms with Crippen LogP contribution in [0.25, 0.3) is 10.8 Å². The molecule has 0 spiro atoms. The van der Waals surface area contributed by atoms with E-state index < -0.39 is 0 Å². The van der Waals surface area contributed by atoms with Gasteiger partial charge in [0.2, 0.25) is 5.91 Å². The molecule has 0 radical (unpaired) electrons. The van der Waals surface area contributed by atoms with Gasteiger partial charge in [0.05, 0.1) is 17.6 Å². The van der Waals surface area contributed by atoms with E-state index in [0.717, 1.165) is 5.39 Å². The first-order chi connectivity index (χ1) is 10.5. The van der Waals surface area contributed by atoms with Crippen LogP contribution in [0.2, 0.25) is 0 Å². The summed E-state index contributed by atoms with van der Waals surface area (Å²) in [6.07, 6.45) is 5.74. The molecule has 1 aromatic heterocycles. The lowest BCUT2D eigenvalue weighted by Crippen LogP contribution is -2.28. The minimum Gasteiger partial charge on any atom is -0.350 e. The molecule has 22 heavy (non-hydrogen) atoms. The number of aromatic nitrogens is 2. The number of carbonyl (C=O) groups excluding carboxylic acids is 1. The normalized spacial score (nSPS) is 10.6. The predicted molar refractivity (Wildman–Crippen MR) is 86.1 cm³/mol. The van der Waals surface area contributed by atoms with E-state index in [0.29, 0.717) is 23.4 Å². The van der Waals surface area contributed by atoms with Crippen LogP contribution in [0.15, 0.2) is 29.1 Å². The van der Waals surface area contributed by atoms with Crippen molar-refractivity contribution in [2.75, 3.05) is 0 Å². The topological polar surface area (TPSA) is 64.0 Å². The summed E-state index contributed by atoms with van der Waals surface area (Å²) >= 11 is 0. The quantitative estimate of drug-likeness (QED) is 0.854. The van der Waals surface area contributed by atoms with E-state index in [4.69, 9.17) is 6.42 Å². The molecule has 0 aliphatic rings. The van der Waals surface area contributed by atoms with Gasteiger partial charge in [-0.1, -0.05) is 38.0 Å². The fourth-order valence-corrected chi connectivity index (χ4v) is 2.25. The second-order valence-corrected chi connectivity index (χ2v) is 5.53. The summed E-state index contributed by atoms with van der Waals surface area (Å²) in [6.45, 7) is 4.36. The van der Waals surface area contributed by atoms with E-state index in [1.807, 2.05) is 26.0 Å². The van der Waals surface area contributed by atoms with E-state index in [-0.39, 0.29) is 24.6 Å². The zero-order valence-electron chi connectivity index (χ0n) is 12.8. The monoisotopic (exact) mass is 297 g/mol. The molecule has 1 amide bonds. The van der Waals surface area contributed by atoms with E-state index in [1.54, 1.807) is 12.1 Å². The molecule has 0 aliphatic carbocycles. The zero-order valence-corrected chi connectivity index (χ0v) is 12.8. The molecule has 0 fully saturated rings. The van der Waals surface area contributed by atoms with Crippen LogP contribution in [0.4, 0.5) is 0 Å². The van der Waals surface area contributed by atoms with Crippen molar-refractivity contribution < 1.29 is 4.79 Å². The molecule has 1 heterocycles. The number of rotatable bonds is 5. The maximum Gasteiger partial charge on any atom is 0.275 e. The van der Waals surface area contributed by atoms with Crippen LogP contribution in [-0.2, 0) is 17.9 Å². The Morgan fingerprint density at radius 1 is 1.36 bits per heavy atom. The molecule has 1 aromatic carbocycles. The summed E-state index contributed by atoms with van der Waals surface area (Å²) in [5.74, 6) is 2.68. The summed E-state index contributed by atoms with van der Waals surface area (Å²) in [7, 11) is 0. The van der Waals surface area contributed by atoms with E-state index in [9.17, 15) is 9.59 Å². The highest BCUT2D eigenvalue weighted by Crippen LogP contribution is 2.13. The van der Waals surface area contributed by atoms with Gasteiger partial charge in [0.15, 0.2) is 0 Å². The third-order valence-corrected chi connectivity index (χ3v) is 3.23. The minimum atomic E-state index is -0.217. The van der Waals surface area contributed by atoms with Gasteiger partial charge in [0.25, 0.3) is 5.56 Å². The Labute approximate surface area is 129 Å². The van der Waals surface area contributed by atoms with Crippen LogP contribution in [-0.4, -0.2) is 15.7 Å². The number of nitrogens with one attached hydrogen (secondary N) is 1. The van der Waals surface area contributed by atoms with Crippen molar-refractivity contribution in [3.8, 4) is 12.3 Å². The van der Waals surface area contributed by atoms with Crippen molar-refractivity contribution in [3.05, 3.63) is 40.3 Å². The zero-order chi connectivity index (χ0) is 16.1. The van der Waals surface area contributed by atoms with Crippen LogP contribution in [0.1, 0.15) is 26.0 Å². The minimum absolute atomic E-state index is 0.0319. The molecule has 0 saturated heterocycles. The number of benzene rings is 1. The average molecular weight is 297 g/mol. The van der Waals surface area contributed by atoms with Crippen molar-refractivity contribution in [2.45, 2.75) is 33.4 Å². The van der Waals surface area contributed by atoms with Gasteiger partial charge in [-0.15, -0.1) is 6.42 Å². The maximum absolute atomic E-state index is 12.3. The average Bonchev–Trinajstić information content (AvgIpc) is 2.48. The number of hydrogen-bond donors (Lipinski definition) is 1. The van der Waals surface area contributed by atoms with E-state index in [2.05, 4.69) is 16.3 Å². The molecule has 2 aromatic rings. The van der Waals surface area contributed by atoms with Crippen LogP contribution in [0.5, 0.6) is 0 Å². The lowest BCUT2D eigenvalue weighted by molar-refractivity contribution is -0.121. The van der Waals surface area contributed by atoms with Crippen LogP contribution in [0, 0.1) is 18.3 Å². The predicted octanol–water partition coefficient (Wildman–Crippen LogP) is 1.69. The first kappa shape index (κ1) is 15.8. The smallest absolute Gasteiger partial charge is 0.275 e. The third kappa shape index (κ3) is 3.53. The fraction of sp³-hybridized carbons (Fsp3) is 0.353. The summed E-state index contributed by atoms with van der Waals surface area (Å²) < 4.78 is 1.26. The molecular formula is C17H19N3O2. The number of carbonyl (C=O) groups is 1. The molecule has 5 nitrogen and oxygen atoms in total. The van der Waals surface area contributed by atoms with Gasteiger partial charge >= 0.3 is 0 Å². The van der Waals surface area contributed by atoms with Crippen molar-refractivity contribution in [1.29, 1.82) is 0 Å². The molecule has 0 atom stereocenters. The molecule has 1 N–H and O–H groups in total. The molecular weight excluding hydrogens is 278 g/mol. The highest BCUT2D eigenvalue weighted by Gasteiger charge is 2.11. The summed E-state index contributed by atoms with van der Waals surface area (Å²) in [4.78, 5) is 24.1. The highest BCUT2D eigenvalue weighted by atomic mass is 16.1. The van der Waals surface area contributed by atoms with E-state index in [1.165, 1.54) is 4.68 Å². The Morgan fingerprint density at radius 3 is 2.68 bits per heavy atom. The molecule has 114 valence electrons. The first-order valence-corrected chi connectivity index (χ1v) is 7.21. The van der Waals surface area contributed by atoms with Crippen LogP contribution >= 0.6 is 0 Å². The Kier molecular flexibility index (Phi) is 4.95. The SMILES string of the molecule is C#CCn1nc(CNC(=O)CC(C)C)c2ccccc2c1=O. The molecule has 2 rings (SSSR count).